The van der Waals surface area contributed by atoms with Crippen LogP contribution in [0.2, 0.25) is 0 Å². The maximum atomic E-state index is 13.0. The van der Waals surface area contributed by atoms with Gasteiger partial charge in [0.15, 0.2) is 0 Å². The van der Waals surface area contributed by atoms with Crippen molar-refractivity contribution in [3.05, 3.63) is 34.3 Å². The van der Waals surface area contributed by atoms with Gasteiger partial charge >= 0.3 is 6.18 Å². The van der Waals surface area contributed by atoms with Crippen molar-refractivity contribution in [1.82, 2.24) is 4.90 Å². The summed E-state index contributed by atoms with van der Waals surface area (Å²) in [6, 6.07) is 4.26. The second-order valence-corrected chi connectivity index (χ2v) is 5.69. The number of carbonyl (C=O) groups excluding carboxylic acids is 1. The van der Waals surface area contributed by atoms with E-state index in [1.54, 1.807) is 18.2 Å². The van der Waals surface area contributed by atoms with E-state index in [0.29, 0.717) is 4.47 Å². The second-order valence-electron chi connectivity index (χ2n) is 4.83. The Hall–Kier alpha value is -0.790. The lowest BCUT2D eigenvalue weighted by Gasteiger charge is -2.39. The van der Waals surface area contributed by atoms with Crippen LogP contribution in [-0.4, -0.2) is 35.6 Å². The average Bonchev–Trinajstić information content (AvgIpc) is 2.37. The Morgan fingerprint density at radius 2 is 1.90 bits per heavy atom. The third kappa shape index (κ3) is 4.11. The van der Waals surface area contributed by atoms with Crippen LogP contribution in [0.5, 0.6) is 0 Å². The van der Waals surface area contributed by atoms with E-state index in [9.17, 15) is 18.0 Å². The van der Waals surface area contributed by atoms with Crippen molar-refractivity contribution in [1.29, 1.82) is 0 Å². The number of hydrogen-bond acceptors (Lipinski definition) is 2. The van der Waals surface area contributed by atoms with Gasteiger partial charge in [0.05, 0.1) is 5.56 Å². The summed E-state index contributed by atoms with van der Waals surface area (Å²) in [6.45, 7) is -0.0790. The topological polar surface area (TPSA) is 46.3 Å². The fourth-order valence-electron chi connectivity index (χ4n) is 2.35. The standard InChI is InChI=1S/C13H14BrF3N2O.ClH/c14-10-4-2-1-3-9(10)12(20)19-7-8(18)5-6-11(19)13(15,16)17;/h1-4,8,11H,5-7,18H2;1H. The summed E-state index contributed by atoms with van der Waals surface area (Å²) in [5, 5.41) is 0. The van der Waals surface area contributed by atoms with Crippen molar-refractivity contribution in [2.45, 2.75) is 31.1 Å². The molecule has 1 aromatic rings. The van der Waals surface area contributed by atoms with E-state index in [2.05, 4.69) is 15.9 Å². The minimum absolute atomic E-state index is 0. The summed E-state index contributed by atoms with van der Waals surface area (Å²) in [6.07, 6.45) is -4.32. The molecule has 1 aliphatic rings. The minimum Gasteiger partial charge on any atom is -0.326 e. The maximum absolute atomic E-state index is 13.0. The zero-order valence-corrected chi connectivity index (χ0v) is 13.3. The highest BCUT2D eigenvalue weighted by Gasteiger charge is 2.47. The first-order valence-corrected chi connectivity index (χ1v) is 6.98. The Labute approximate surface area is 135 Å². The van der Waals surface area contributed by atoms with E-state index in [1.165, 1.54) is 6.07 Å². The molecule has 1 fully saturated rings. The first-order valence-electron chi connectivity index (χ1n) is 6.18. The summed E-state index contributed by atoms with van der Waals surface area (Å²) < 4.78 is 39.6. The molecule has 0 radical (unpaired) electrons. The molecule has 8 heteroatoms. The van der Waals surface area contributed by atoms with Gasteiger partial charge in [0.25, 0.3) is 5.91 Å². The molecular formula is C13H15BrClF3N2O. The Bertz CT molecular complexity index is 512. The Morgan fingerprint density at radius 1 is 1.29 bits per heavy atom. The van der Waals surface area contributed by atoms with E-state index in [1.807, 2.05) is 0 Å². The zero-order valence-electron chi connectivity index (χ0n) is 10.9. The minimum atomic E-state index is -4.43. The number of alkyl halides is 3. The van der Waals surface area contributed by atoms with Crippen molar-refractivity contribution in [3.63, 3.8) is 0 Å². The number of hydrogen-bond donors (Lipinski definition) is 1. The van der Waals surface area contributed by atoms with Gasteiger partial charge in [-0.1, -0.05) is 12.1 Å². The van der Waals surface area contributed by atoms with E-state index in [-0.39, 0.29) is 37.4 Å². The molecule has 0 spiro atoms. The number of benzene rings is 1. The number of carbonyl (C=O) groups is 1. The monoisotopic (exact) mass is 386 g/mol. The van der Waals surface area contributed by atoms with E-state index >= 15 is 0 Å². The SMILES string of the molecule is Cl.NC1CCC(C(F)(F)F)N(C(=O)c2ccccc2Br)C1. The third-order valence-corrected chi connectivity index (χ3v) is 4.05. The lowest BCUT2D eigenvalue weighted by molar-refractivity contribution is -0.184. The van der Waals surface area contributed by atoms with Gasteiger partial charge in [-0.25, -0.2) is 0 Å². The van der Waals surface area contributed by atoms with Gasteiger partial charge in [-0.05, 0) is 40.9 Å². The Morgan fingerprint density at radius 3 is 2.48 bits per heavy atom. The Balaban J connectivity index is 0.00000220. The summed E-state index contributed by atoms with van der Waals surface area (Å²) in [5.41, 5.74) is 5.93. The average molecular weight is 388 g/mol. The fourth-order valence-corrected chi connectivity index (χ4v) is 2.81. The van der Waals surface area contributed by atoms with Crippen molar-refractivity contribution >= 4 is 34.2 Å². The number of amides is 1. The zero-order chi connectivity index (χ0) is 14.9. The quantitative estimate of drug-likeness (QED) is 0.803. The predicted molar refractivity (Wildman–Crippen MR) is 79.5 cm³/mol. The largest absolute Gasteiger partial charge is 0.408 e. The predicted octanol–water partition coefficient (Wildman–Crippen LogP) is 3.37. The number of nitrogens with two attached hydrogens (primary N) is 1. The molecule has 1 heterocycles. The van der Waals surface area contributed by atoms with Crippen LogP contribution in [0.25, 0.3) is 0 Å². The van der Waals surface area contributed by atoms with Crippen LogP contribution in [0.4, 0.5) is 13.2 Å². The molecule has 0 aliphatic carbocycles. The van der Waals surface area contributed by atoms with Crippen molar-refractivity contribution in [2.75, 3.05) is 6.54 Å². The molecule has 2 N–H and O–H groups in total. The molecule has 0 saturated carbocycles. The van der Waals surface area contributed by atoms with Crippen LogP contribution in [0.3, 0.4) is 0 Å². The fraction of sp³-hybridized carbons (Fsp3) is 0.462. The molecule has 2 rings (SSSR count). The molecule has 0 aromatic heterocycles. The first-order chi connectivity index (χ1) is 9.30. The number of nitrogens with zero attached hydrogens (tertiary/aromatic N) is 1. The van der Waals surface area contributed by atoms with Gasteiger partial charge in [-0.15, -0.1) is 12.4 Å². The molecule has 2 atom stereocenters. The summed E-state index contributed by atoms with van der Waals surface area (Å²) in [7, 11) is 0. The number of halogens is 5. The van der Waals surface area contributed by atoms with Crippen molar-refractivity contribution in [3.8, 4) is 0 Å². The smallest absolute Gasteiger partial charge is 0.326 e. The van der Waals surface area contributed by atoms with E-state index in [4.69, 9.17) is 5.73 Å². The number of likely N-dealkylation sites (tertiary alicyclic amines) is 1. The number of piperidine rings is 1. The molecule has 1 amide bonds. The van der Waals surface area contributed by atoms with Gasteiger partial charge in [0.2, 0.25) is 0 Å². The van der Waals surface area contributed by atoms with Gasteiger partial charge in [-0.2, -0.15) is 13.2 Å². The lowest BCUT2D eigenvalue weighted by Crippen LogP contribution is -2.56. The van der Waals surface area contributed by atoms with Crippen LogP contribution in [0.15, 0.2) is 28.7 Å². The van der Waals surface area contributed by atoms with Crippen LogP contribution < -0.4 is 5.73 Å². The van der Waals surface area contributed by atoms with Crippen molar-refractivity contribution in [2.24, 2.45) is 5.73 Å². The normalized spacial score (nSPS) is 22.6. The van der Waals surface area contributed by atoms with Crippen molar-refractivity contribution < 1.29 is 18.0 Å². The van der Waals surface area contributed by atoms with Gasteiger partial charge in [0.1, 0.15) is 6.04 Å². The highest BCUT2D eigenvalue weighted by molar-refractivity contribution is 9.10. The highest BCUT2D eigenvalue weighted by Crippen LogP contribution is 2.33. The molecule has 1 aromatic carbocycles. The second kappa shape index (κ2) is 6.98. The third-order valence-electron chi connectivity index (χ3n) is 3.36. The molecule has 3 nitrogen and oxygen atoms in total. The van der Waals surface area contributed by atoms with Gasteiger partial charge < -0.3 is 10.6 Å². The summed E-state index contributed by atoms with van der Waals surface area (Å²) >= 11 is 3.19. The van der Waals surface area contributed by atoms with Crippen LogP contribution in [0.1, 0.15) is 23.2 Å². The summed E-state index contributed by atoms with van der Waals surface area (Å²) in [4.78, 5) is 13.2. The van der Waals surface area contributed by atoms with Gasteiger partial charge in [-0.3, -0.25) is 4.79 Å². The number of rotatable bonds is 1. The first kappa shape index (κ1) is 18.3. The van der Waals surface area contributed by atoms with Crippen LogP contribution >= 0.6 is 28.3 Å². The lowest BCUT2D eigenvalue weighted by atomic mass is 9.97. The Kier molecular flexibility index (Phi) is 6.07. The van der Waals surface area contributed by atoms with E-state index < -0.39 is 24.2 Å². The molecule has 0 bridgehead atoms. The molecule has 1 aliphatic heterocycles. The summed E-state index contributed by atoms with van der Waals surface area (Å²) in [5.74, 6) is -0.644. The molecule has 2 unspecified atom stereocenters. The molecular weight excluding hydrogens is 373 g/mol. The maximum Gasteiger partial charge on any atom is 0.408 e. The van der Waals surface area contributed by atoms with E-state index in [0.717, 1.165) is 4.90 Å². The molecule has 1 saturated heterocycles. The molecule has 21 heavy (non-hydrogen) atoms. The van der Waals surface area contributed by atoms with Crippen LogP contribution in [0, 0.1) is 0 Å². The van der Waals surface area contributed by atoms with Gasteiger partial charge in [0, 0.05) is 17.1 Å². The highest BCUT2D eigenvalue weighted by atomic mass is 79.9. The molecule has 118 valence electrons. The van der Waals surface area contributed by atoms with Crippen LogP contribution in [-0.2, 0) is 0 Å².